The summed E-state index contributed by atoms with van der Waals surface area (Å²) in [4.78, 5) is 20.6. The van der Waals surface area contributed by atoms with Gasteiger partial charge < -0.3 is 4.74 Å². The summed E-state index contributed by atoms with van der Waals surface area (Å²) in [5.41, 5.74) is 1.42. The fourth-order valence-electron chi connectivity index (χ4n) is 1.33. The minimum atomic E-state index is -0.478. The minimum Gasteiger partial charge on any atom is -0.464 e. The lowest BCUT2D eigenvalue weighted by Gasteiger charge is -2.03. The van der Waals surface area contributed by atoms with Crippen LogP contribution in [0.5, 0.6) is 0 Å². The van der Waals surface area contributed by atoms with E-state index in [4.69, 9.17) is 0 Å². The van der Waals surface area contributed by atoms with Crippen molar-refractivity contribution in [2.45, 2.75) is 16.8 Å². The summed E-state index contributed by atoms with van der Waals surface area (Å²) in [5, 5.41) is 0.668. The molecule has 5 heteroatoms. The van der Waals surface area contributed by atoms with E-state index < -0.39 is 5.97 Å². The highest BCUT2D eigenvalue weighted by Crippen LogP contribution is 2.25. The number of esters is 1. The molecule has 0 spiro atoms. The predicted molar refractivity (Wildman–Crippen MR) is 68.7 cm³/mol. The summed E-state index contributed by atoms with van der Waals surface area (Å²) in [6.45, 7) is 2.03. The highest BCUT2D eigenvalue weighted by Gasteiger charge is 2.09. The molecule has 1 aromatic heterocycles. The Balaban J connectivity index is 2.19. The third-order valence-electron chi connectivity index (χ3n) is 2.25. The van der Waals surface area contributed by atoms with Crippen molar-refractivity contribution in [3.63, 3.8) is 0 Å². The summed E-state index contributed by atoms with van der Waals surface area (Å²) in [7, 11) is 1.32. The Labute approximate surface area is 109 Å². The summed E-state index contributed by atoms with van der Waals surface area (Å²) >= 11 is 1.46. The molecule has 2 aromatic rings. The number of methoxy groups -OCH3 is 1. The van der Waals surface area contributed by atoms with E-state index >= 15 is 0 Å². The number of carbonyl (C=O) groups excluding carboxylic acids is 1. The van der Waals surface area contributed by atoms with E-state index in [0.29, 0.717) is 5.03 Å². The maximum atomic E-state index is 11.3. The van der Waals surface area contributed by atoms with Crippen molar-refractivity contribution in [1.29, 1.82) is 0 Å². The van der Waals surface area contributed by atoms with E-state index in [1.54, 1.807) is 6.20 Å². The first-order valence-electron chi connectivity index (χ1n) is 5.34. The number of aromatic nitrogens is 2. The highest BCUT2D eigenvalue weighted by atomic mass is 32.2. The summed E-state index contributed by atoms with van der Waals surface area (Å²) < 4.78 is 4.61. The van der Waals surface area contributed by atoms with Gasteiger partial charge in [-0.05, 0) is 19.1 Å². The van der Waals surface area contributed by atoms with Crippen molar-refractivity contribution in [3.8, 4) is 0 Å². The van der Waals surface area contributed by atoms with Crippen LogP contribution in [0.15, 0.2) is 46.6 Å². The molecule has 18 heavy (non-hydrogen) atoms. The van der Waals surface area contributed by atoms with Gasteiger partial charge in [-0.25, -0.2) is 9.78 Å². The number of hydrogen-bond acceptors (Lipinski definition) is 5. The molecular weight excluding hydrogens is 248 g/mol. The van der Waals surface area contributed by atoms with Gasteiger partial charge in [-0.15, -0.1) is 0 Å². The molecule has 0 saturated heterocycles. The van der Waals surface area contributed by atoms with Crippen LogP contribution in [-0.2, 0) is 4.74 Å². The van der Waals surface area contributed by atoms with Gasteiger partial charge in [0.15, 0.2) is 5.69 Å². The van der Waals surface area contributed by atoms with Crippen LogP contribution in [0.2, 0.25) is 0 Å². The van der Waals surface area contributed by atoms with Crippen molar-refractivity contribution >= 4 is 17.7 Å². The van der Waals surface area contributed by atoms with Crippen molar-refractivity contribution in [1.82, 2.24) is 9.97 Å². The molecule has 0 aliphatic rings. The van der Waals surface area contributed by atoms with E-state index in [1.165, 1.54) is 30.6 Å². The Bertz CT molecular complexity index is 555. The minimum absolute atomic E-state index is 0.217. The number of ether oxygens (including phenoxy) is 1. The van der Waals surface area contributed by atoms with Crippen LogP contribution in [0.4, 0.5) is 0 Å². The normalized spacial score (nSPS) is 10.1. The molecule has 1 aromatic carbocycles. The monoisotopic (exact) mass is 260 g/mol. The van der Waals surface area contributed by atoms with Gasteiger partial charge in [-0.3, -0.25) is 4.98 Å². The molecule has 0 saturated carbocycles. The first kappa shape index (κ1) is 12.6. The largest absolute Gasteiger partial charge is 0.464 e. The maximum Gasteiger partial charge on any atom is 0.358 e. The van der Waals surface area contributed by atoms with E-state index in [0.717, 1.165) is 4.90 Å². The Morgan fingerprint density at radius 2 is 1.94 bits per heavy atom. The summed E-state index contributed by atoms with van der Waals surface area (Å²) in [5.74, 6) is -0.478. The Morgan fingerprint density at radius 3 is 2.61 bits per heavy atom. The fourth-order valence-corrected chi connectivity index (χ4v) is 2.10. The van der Waals surface area contributed by atoms with Gasteiger partial charge in [-0.2, -0.15) is 0 Å². The lowest BCUT2D eigenvalue weighted by atomic mass is 10.2. The van der Waals surface area contributed by atoms with Gasteiger partial charge in [0.05, 0.1) is 19.5 Å². The van der Waals surface area contributed by atoms with Crippen LogP contribution < -0.4 is 0 Å². The van der Waals surface area contributed by atoms with E-state index in [9.17, 15) is 4.79 Å². The second-order valence-corrected chi connectivity index (χ2v) is 4.74. The Morgan fingerprint density at radius 1 is 1.22 bits per heavy atom. The maximum absolute atomic E-state index is 11.3. The van der Waals surface area contributed by atoms with Gasteiger partial charge in [0.2, 0.25) is 0 Å². The molecule has 0 aliphatic heterocycles. The predicted octanol–water partition coefficient (Wildman–Crippen LogP) is 2.72. The van der Waals surface area contributed by atoms with Gasteiger partial charge in [0.25, 0.3) is 0 Å². The van der Waals surface area contributed by atoms with E-state index in [1.807, 2.05) is 31.2 Å². The van der Waals surface area contributed by atoms with Gasteiger partial charge in [-0.1, -0.05) is 29.5 Å². The first-order chi connectivity index (χ1) is 8.69. The molecule has 0 atom stereocenters. The number of carbonyl (C=O) groups is 1. The number of aryl methyl sites for hydroxylation is 1. The number of benzene rings is 1. The molecule has 92 valence electrons. The molecule has 0 aliphatic carbocycles. The number of hydrogen-bond donors (Lipinski definition) is 0. The van der Waals surface area contributed by atoms with Crippen LogP contribution in [-0.4, -0.2) is 23.0 Å². The van der Waals surface area contributed by atoms with Crippen LogP contribution in [0.1, 0.15) is 16.1 Å². The molecule has 0 bridgehead atoms. The number of nitrogens with zero attached hydrogens (tertiary/aromatic N) is 2. The highest BCUT2D eigenvalue weighted by molar-refractivity contribution is 7.99. The van der Waals surface area contributed by atoms with E-state index in [-0.39, 0.29) is 5.69 Å². The van der Waals surface area contributed by atoms with Gasteiger partial charge in [0.1, 0.15) is 5.03 Å². The SMILES string of the molecule is COC(=O)c1cncc(Sc2ccc(C)cc2)n1. The van der Waals surface area contributed by atoms with Gasteiger partial charge in [0, 0.05) is 4.90 Å². The van der Waals surface area contributed by atoms with Crippen molar-refractivity contribution in [2.24, 2.45) is 0 Å². The molecule has 2 rings (SSSR count). The molecule has 0 N–H and O–H groups in total. The zero-order chi connectivity index (χ0) is 13.0. The first-order valence-corrected chi connectivity index (χ1v) is 6.15. The number of rotatable bonds is 3. The van der Waals surface area contributed by atoms with Crippen LogP contribution >= 0.6 is 11.8 Å². The zero-order valence-electron chi connectivity index (χ0n) is 10.1. The van der Waals surface area contributed by atoms with E-state index in [2.05, 4.69) is 14.7 Å². The average Bonchev–Trinajstić information content (AvgIpc) is 2.41. The van der Waals surface area contributed by atoms with Crippen LogP contribution in [0.25, 0.3) is 0 Å². The third kappa shape index (κ3) is 3.07. The van der Waals surface area contributed by atoms with Crippen molar-refractivity contribution in [2.75, 3.05) is 7.11 Å². The van der Waals surface area contributed by atoms with Crippen molar-refractivity contribution in [3.05, 3.63) is 47.9 Å². The lowest BCUT2D eigenvalue weighted by Crippen LogP contribution is -2.05. The second-order valence-electron chi connectivity index (χ2n) is 3.65. The fraction of sp³-hybridized carbons (Fsp3) is 0.154. The molecule has 0 fully saturated rings. The molecule has 4 nitrogen and oxygen atoms in total. The smallest absolute Gasteiger partial charge is 0.358 e. The topological polar surface area (TPSA) is 52.1 Å². The summed E-state index contributed by atoms with van der Waals surface area (Å²) in [6, 6.07) is 8.07. The standard InChI is InChI=1S/C13H12N2O2S/c1-9-3-5-10(6-4-9)18-12-8-14-7-11(15-12)13(16)17-2/h3-8H,1-2H3. The Kier molecular flexibility index (Phi) is 3.94. The second kappa shape index (κ2) is 5.64. The molecule has 0 amide bonds. The van der Waals surface area contributed by atoms with Crippen LogP contribution in [0, 0.1) is 6.92 Å². The molecule has 0 unspecified atom stereocenters. The lowest BCUT2D eigenvalue weighted by molar-refractivity contribution is 0.0592. The summed E-state index contributed by atoms with van der Waals surface area (Å²) in [6.07, 6.45) is 3.02. The third-order valence-corrected chi connectivity index (χ3v) is 3.16. The zero-order valence-corrected chi connectivity index (χ0v) is 10.9. The van der Waals surface area contributed by atoms with Crippen molar-refractivity contribution < 1.29 is 9.53 Å². The average molecular weight is 260 g/mol. The van der Waals surface area contributed by atoms with Gasteiger partial charge >= 0.3 is 5.97 Å². The molecular formula is C13H12N2O2S. The van der Waals surface area contributed by atoms with Crippen LogP contribution in [0.3, 0.4) is 0 Å². The molecule has 1 heterocycles. The Hall–Kier alpha value is -1.88. The molecule has 0 radical (unpaired) electrons. The quantitative estimate of drug-likeness (QED) is 0.794.